The molecule has 1 amide bonds. The first-order valence-electron chi connectivity index (χ1n) is 7.53. The van der Waals surface area contributed by atoms with Gasteiger partial charge in [0.15, 0.2) is 0 Å². The molecule has 0 bridgehead atoms. The van der Waals surface area contributed by atoms with Crippen molar-refractivity contribution in [3.63, 3.8) is 0 Å². The maximum absolute atomic E-state index is 10.7. The smallest absolute Gasteiger partial charge is 0.216 e. The van der Waals surface area contributed by atoms with Gasteiger partial charge in [-0.05, 0) is 37.0 Å². The van der Waals surface area contributed by atoms with Crippen LogP contribution in [0.3, 0.4) is 0 Å². The molecule has 0 aliphatic carbocycles. The molecule has 0 spiro atoms. The molecule has 1 aromatic carbocycles. The molecule has 1 aliphatic heterocycles. The Kier molecular flexibility index (Phi) is 6.02. The van der Waals surface area contributed by atoms with E-state index in [4.69, 9.17) is 4.74 Å². The van der Waals surface area contributed by atoms with Crippen LogP contribution in [0.2, 0.25) is 0 Å². The van der Waals surface area contributed by atoms with Gasteiger partial charge in [0.2, 0.25) is 5.91 Å². The summed E-state index contributed by atoms with van der Waals surface area (Å²) in [7, 11) is 0. The SMILES string of the molecule is CC(=O)NCCCOc1cccc(CN2CCCC2O)c1. The van der Waals surface area contributed by atoms with Crippen molar-refractivity contribution in [3.05, 3.63) is 29.8 Å². The number of rotatable bonds is 7. The Morgan fingerprint density at radius 1 is 1.52 bits per heavy atom. The van der Waals surface area contributed by atoms with Crippen molar-refractivity contribution in [3.8, 4) is 5.75 Å². The van der Waals surface area contributed by atoms with Crippen molar-refractivity contribution in [2.45, 2.75) is 39.0 Å². The highest BCUT2D eigenvalue weighted by Gasteiger charge is 2.21. The monoisotopic (exact) mass is 292 g/mol. The van der Waals surface area contributed by atoms with Crippen LogP contribution in [0.15, 0.2) is 24.3 Å². The first-order valence-corrected chi connectivity index (χ1v) is 7.53. The van der Waals surface area contributed by atoms with Crippen molar-refractivity contribution in [2.24, 2.45) is 0 Å². The highest BCUT2D eigenvalue weighted by molar-refractivity contribution is 5.72. The molecule has 116 valence electrons. The number of hydrogen-bond donors (Lipinski definition) is 2. The Labute approximate surface area is 125 Å². The van der Waals surface area contributed by atoms with Crippen LogP contribution in [0.4, 0.5) is 0 Å². The number of ether oxygens (including phenoxy) is 1. The lowest BCUT2D eigenvalue weighted by molar-refractivity contribution is -0.118. The molecule has 1 atom stereocenters. The van der Waals surface area contributed by atoms with E-state index < -0.39 is 0 Å². The lowest BCUT2D eigenvalue weighted by atomic mass is 10.2. The average molecular weight is 292 g/mol. The number of aliphatic hydroxyl groups is 1. The third-order valence-corrected chi connectivity index (χ3v) is 3.58. The molecule has 0 saturated carbocycles. The predicted octanol–water partition coefficient (Wildman–Crippen LogP) is 1.51. The number of nitrogens with one attached hydrogen (secondary N) is 1. The number of carbonyl (C=O) groups excluding carboxylic acids is 1. The summed E-state index contributed by atoms with van der Waals surface area (Å²) < 4.78 is 5.69. The molecule has 5 heteroatoms. The van der Waals surface area contributed by atoms with Crippen LogP contribution in [0.5, 0.6) is 5.75 Å². The van der Waals surface area contributed by atoms with Crippen LogP contribution < -0.4 is 10.1 Å². The molecule has 21 heavy (non-hydrogen) atoms. The summed E-state index contributed by atoms with van der Waals surface area (Å²) in [5.74, 6) is 0.824. The number of benzene rings is 1. The van der Waals surface area contributed by atoms with Gasteiger partial charge in [-0.15, -0.1) is 0 Å². The average Bonchev–Trinajstić information content (AvgIpc) is 2.84. The Balaban J connectivity index is 1.76. The van der Waals surface area contributed by atoms with Gasteiger partial charge >= 0.3 is 0 Å². The van der Waals surface area contributed by atoms with Crippen LogP contribution >= 0.6 is 0 Å². The van der Waals surface area contributed by atoms with Gasteiger partial charge in [-0.1, -0.05) is 12.1 Å². The molecule has 1 aliphatic rings. The second kappa shape index (κ2) is 8.00. The Morgan fingerprint density at radius 3 is 3.10 bits per heavy atom. The van der Waals surface area contributed by atoms with Crippen LogP contribution in [0, 0.1) is 0 Å². The van der Waals surface area contributed by atoms with Gasteiger partial charge in [-0.3, -0.25) is 9.69 Å². The van der Waals surface area contributed by atoms with Crippen molar-refractivity contribution >= 4 is 5.91 Å². The molecule has 0 aromatic heterocycles. The van der Waals surface area contributed by atoms with E-state index in [9.17, 15) is 9.90 Å². The second-order valence-electron chi connectivity index (χ2n) is 5.43. The number of amides is 1. The molecule has 1 unspecified atom stereocenters. The van der Waals surface area contributed by atoms with E-state index in [1.165, 1.54) is 6.92 Å². The maximum atomic E-state index is 10.7. The Bertz CT molecular complexity index is 465. The van der Waals surface area contributed by atoms with E-state index in [-0.39, 0.29) is 12.1 Å². The summed E-state index contributed by atoms with van der Waals surface area (Å²) in [5.41, 5.74) is 1.15. The van der Waals surface area contributed by atoms with E-state index in [1.807, 2.05) is 18.2 Å². The van der Waals surface area contributed by atoms with Crippen molar-refractivity contribution in [2.75, 3.05) is 19.7 Å². The zero-order valence-corrected chi connectivity index (χ0v) is 12.5. The fraction of sp³-hybridized carbons (Fsp3) is 0.562. The molecule has 1 saturated heterocycles. The van der Waals surface area contributed by atoms with Gasteiger partial charge in [0.1, 0.15) is 12.0 Å². The fourth-order valence-corrected chi connectivity index (χ4v) is 2.49. The summed E-state index contributed by atoms with van der Waals surface area (Å²) >= 11 is 0. The first-order chi connectivity index (χ1) is 10.1. The largest absolute Gasteiger partial charge is 0.494 e. The summed E-state index contributed by atoms with van der Waals surface area (Å²) in [4.78, 5) is 12.8. The van der Waals surface area contributed by atoms with E-state index in [2.05, 4.69) is 16.3 Å². The minimum absolute atomic E-state index is 0.0128. The highest BCUT2D eigenvalue weighted by atomic mass is 16.5. The molecule has 1 heterocycles. The number of hydrogen-bond acceptors (Lipinski definition) is 4. The molecule has 1 fully saturated rings. The van der Waals surface area contributed by atoms with Gasteiger partial charge in [-0.2, -0.15) is 0 Å². The normalized spacial score (nSPS) is 18.7. The minimum atomic E-state index is -0.313. The molecular formula is C16H24N2O3. The standard InChI is InChI=1S/C16H24N2O3/c1-13(19)17-8-4-10-21-15-6-2-5-14(11-15)12-18-9-3-7-16(18)20/h2,5-6,11,16,20H,3-4,7-10,12H2,1H3,(H,17,19). The third kappa shape index (κ3) is 5.36. The Hall–Kier alpha value is -1.59. The van der Waals surface area contributed by atoms with Crippen molar-refractivity contribution < 1.29 is 14.6 Å². The van der Waals surface area contributed by atoms with Gasteiger partial charge < -0.3 is 15.2 Å². The molecular weight excluding hydrogens is 268 g/mol. The van der Waals surface area contributed by atoms with E-state index in [1.54, 1.807) is 0 Å². The predicted molar refractivity (Wildman–Crippen MR) is 80.9 cm³/mol. The maximum Gasteiger partial charge on any atom is 0.216 e. The molecule has 5 nitrogen and oxygen atoms in total. The number of carbonyl (C=O) groups is 1. The number of nitrogens with zero attached hydrogens (tertiary/aromatic N) is 1. The van der Waals surface area contributed by atoms with Crippen LogP contribution in [0.25, 0.3) is 0 Å². The zero-order chi connectivity index (χ0) is 15.1. The lowest BCUT2D eigenvalue weighted by Gasteiger charge is -2.20. The summed E-state index contributed by atoms with van der Waals surface area (Å²) in [6.45, 7) is 4.43. The molecule has 2 N–H and O–H groups in total. The molecule has 1 aromatic rings. The van der Waals surface area contributed by atoms with Crippen LogP contribution in [-0.2, 0) is 11.3 Å². The van der Waals surface area contributed by atoms with Crippen molar-refractivity contribution in [1.29, 1.82) is 0 Å². The van der Waals surface area contributed by atoms with E-state index in [0.29, 0.717) is 13.2 Å². The second-order valence-corrected chi connectivity index (χ2v) is 5.43. The molecule has 0 radical (unpaired) electrons. The zero-order valence-electron chi connectivity index (χ0n) is 12.5. The summed E-state index contributed by atoms with van der Waals surface area (Å²) in [6, 6.07) is 7.97. The summed E-state index contributed by atoms with van der Waals surface area (Å²) in [6.07, 6.45) is 2.39. The quantitative estimate of drug-likeness (QED) is 0.748. The van der Waals surface area contributed by atoms with Gasteiger partial charge in [0, 0.05) is 26.6 Å². The summed E-state index contributed by atoms with van der Waals surface area (Å²) in [5, 5.41) is 12.6. The Morgan fingerprint density at radius 2 is 2.38 bits per heavy atom. The van der Waals surface area contributed by atoms with E-state index >= 15 is 0 Å². The van der Waals surface area contributed by atoms with Gasteiger partial charge in [0.25, 0.3) is 0 Å². The van der Waals surface area contributed by atoms with Crippen LogP contribution in [0.1, 0.15) is 31.7 Å². The van der Waals surface area contributed by atoms with Gasteiger partial charge in [-0.25, -0.2) is 0 Å². The fourth-order valence-electron chi connectivity index (χ4n) is 2.49. The first kappa shape index (κ1) is 15.8. The van der Waals surface area contributed by atoms with Crippen molar-refractivity contribution in [1.82, 2.24) is 10.2 Å². The van der Waals surface area contributed by atoms with E-state index in [0.717, 1.165) is 43.7 Å². The van der Waals surface area contributed by atoms with Crippen LogP contribution in [-0.4, -0.2) is 41.8 Å². The molecule has 2 rings (SSSR count). The van der Waals surface area contributed by atoms with Gasteiger partial charge in [0.05, 0.1) is 6.61 Å². The third-order valence-electron chi connectivity index (χ3n) is 3.58. The minimum Gasteiger partial charge on any atom is -0.494 e. The number of likely N-dealkylation sites (tertiary alicyclic amines) is 1. The lowest BCUT2D eigenvalue weighted by Crippen LogP contribution is -2.28. The number of aliphatic hydroxyl groups excluding tert-OH is 1. The highest BCUT2D eigenvalue weighted by Crippen LogP contribution is 2.20. The topological polar surface area (TPSA) is 61.8 Å².